The van der Waals surface area contributed by atoms with Gasteiger partial charge in [-0.2, -0.15) is 4.31 Å². The zero-order valence-corrected chi connectivity index (χ0v) is 11.7. The number of hydrogen-bond donors (Lipinski definition) is 2. The van der Waals surface area contributed by atoms with Crippen molar-refractivity contribution < 1.29 is 18.6 Å². The summed E-state index contributed by atoms with van der Waals surface area (Å²) in [6, 6.07) is 6.16. The van der Waals surface area contributed by atoms with Gasteiger partial charge < -0.3 is 10.2 Å². The summed E-state index contributed by atoms with van der Waals surface area (Å²) in [6.07, 6.45) is 5.13. The number of rotatable bonds is 5. The molecular formula is C13H17NO4S. The summed E-state index contributed by atoms with van der Waals surface area (Å²) in [5, 5.41) is 19.1. The Kier molecular flexibility index (Phi) is 4.71. The molecule has 0 saturated carbocycles. The fourth-order valence-corrected chi connectivity index (χ4v) is 3.07. The molecule has 0 bridgehead atoms. The topological polar surface area (TPSA) is 77.8 Å². The second-order valence-electron chi connectivity index (χ2n) is 4.40. The first-order valence-corrected chi connectivity index (χ1v) is 7.06. The number of aryl methyl sites for hydroxylation is 1. The molecule has 0 spiro atoms. The van der Waals surface area contributed by atoms with Crippen molar-refractivity contribution >= 4 is 10.0 Å². The molecule has 0 aliphatic heterocycles. The summed E-state index contributed by atoms with van der Waals surface area (Å²) in [5.41, 5.74) is -1.04. The maximum absolute atomic E-state index is 12.4. The van der Waals surface area contributed by atoms with Crippen LogP contribution < -0.4 is 0 Å². The van der Waals surface area contributed by atoms with Crippen LogP contribution in [0.15, 0.2) is 29.2 Å². The van der Waals surface area contributed by atoms with Crippen LogP contribution in [-0.2, 0) is 10.0 Å². The number of nitrogens with zero attached hydrogens (tertiary/aromatic N) is 1. The zero-order valence-electron chi connectivity index (χ0n) is 10.9. The van der Waals surface area contributed by atoms with Crippen molar-refractivity contribution in [3.8, 4) is 12.3 Å². The number of hydrogen-bond acceptors (Lipinski definition) is 4. The first kappa shape index (κ1) is 15.7. The predicted octanol–water partition coefficient (Wildman–Crippen LogP) is 0.320. The molecule has 0 aliphatic rings. The van der Waals surface area contributed by atoms with Crippen LogP contribution in [0.2, 0.25) is 0 Å². The van der Waals surface area contributed by atoms with Gasteiger partial charge in [-0.3, -0.25) is 0 Å². The second kappa shape index (κ2) is 5.72. The normalized spacial score (nSPS) is 14.9. The Labute approximate surface area is 113 Å². The number of sulfonamides is 1. The van der Waals surface area contributed by atoms with Gasteiger partial charge in [-0.1, -0.05) is 23.6 Å². The lowest BCUT2D eigenvalue weighted by Gasteiger charge is -2.33. The van der Waals surface area contributed by atoms with Gasteiger partial charge in [0, 0.05) is 0 Å². The minimum absolute atomic E-state index is 0.0158. The van der Waals surface area contributed by atoms with Crippen molar-refractivity contribution in [3.05, 3.63) is 29.8 Å². The smallest absolute Gasteiger partial charge is 0.246 e. The monoisotopic (exact) mass is 283 g/mol. The van der Waals surface area contributed by atoms with Crippen molar-refractivity contribution in [2.24, 2.45) is 0 Å². The van der Waals surface area contributed by atoms with Crippen LogP contribution in [0.3, 0.4) is 0 Å². The summed E-state index contributed by atoms with van der Waals surface area (Å²) in [6.45, 7) is 1.94. The first-order chi connectivity index (χ1) is 8.75. The van der Waals surface area contributed by atoms with Crippen LogP contribution in [0.25, 0.3) is 0 Å². The van der Waals surface area contributed by atoms with E-state index in [1.807, 2.05) is 6.92 Å². The standard InChI is InChI=1S/C13H17NO4S/c1-4-9-14(13(3,16)10-15)19(17,18)12-7-5-11(2)6-8-12/h1,5-8,15-16H,9-10H2,2-3H3/t13-/m0/s1. The number of benzene rings is 1. The SMILES string of the molecule is C#CCN([C@@](C)(O)CO)S(=O)(=O)c1ccc(C)cc1. The molecule has 2 N–H and O–H groups in total. The minimum Gasteiger partial charge on any atom is -0.392 e. The molecule has 6 heteroatoms. The van der Waals surface area contributed by atoms with Crippen LogP contribution in [0.4, 0.5) is 0 Å². The van der Waals surface area contributed by atoms with E-state index in [-0.39, 0.29) is 11.4 Å². The lowest BCUT2D eigenvalue weighted by molar-refractivity contribution is -0.0781. The van der Waals surface area contributed by atoms with Crippen molar-refractivity contribution in [1.82, 2.24) is 4.31 Å². The van der Waals surface area contributed by atoms with Crippen LogP contribution in [0.5, 0.6) is 0 Å². The van der Waals surface area contributed by atoms with E-state index >= 15 is 0 Å². The summed E-state index contributed by atoms with van der Waals surface area (Å²) >= 11 is 0. The van der Waals surface area contributed by atoms with Gasteiger partial charge in [-0.25, -0.2) is 8.42 Å². The highest BCUT2D eigenvalue weighted by molar-refractivity contribution is 7.89. The van der Waals surface area contributed by atoms with E-state index < -0.39 is 22.4 Å². The molecule has 5 nitrogen and oxygen atoms in total. The van der Waals surface area contributed by atoms with Gasteiger partial charge >= 0.3 is 0 Å². The summed E-state index contributed by atoms with van der Waals surface area (Å²) in [5.74, 6) is 2.17. The lowest BCUT2D eigenvalue weighted by Crippen LogP contribution is -2.52. The Bertz CT molecular complexity index is 570. The zero-order chi connectivity index (χ0) is 14.7. The van der Waals surface area contributed by atoms with E-state index in [0.717, 1.165) is 5.56 Å². The highest BCUT2D eigenvalue weighted by atomic mass is 32.2. The van der Waals surface area contributed by atoms with E-state index in [4.69, 9.17) is 11.5 Å². The van der Waals surface area contributed by atoms with Crippen LogP contribution >= 0.6 is 0 Å². The van der Waals surface area contributed by atoms with E-state index in [1.54, 1.807) is 12.1 Å². The molecule has 1 aromatic carbocycles. The van der Waals surface area contributed by atoms with Crippen molar-refractivity contribution in [2.45, 2.75) is 24.5 Å². The fourth-order valence-electron chi connectivity index (χ4n) is 1.51. The molecule has 1 rings (SSSR count). The molecule has 0 amide bonds. The van der Waals surface area contributed by atoms with Crippen LogP contribution in [-0.4, -0.2) is 41.8 Å². The fraction of sp³-hybridized carbons (Fsp3) is 0.385. The molecule has 0 fully saturated rings. The lowest BCUT2D eigenvalue weighted by atomic mass is 10.2. The molecule has 0 radical (unpaired) electrons. The molecule has 104 valence electrons. The Morgan fingerprint density at radius 1 is 1.37 bits per heavy atom. The van der Waals surface area contributed by atoms with Gasteiger partial charge in [0.25, 0.3) is 0 Å². The van der Waals surface area contributed by atoms with Crippen LogP contribution in [0.1, 0.15) is 12.5 Å². The average molecular weight is 283 g/mol. The van der Waals surface area contributed by atoms with Crippen molar-refractivity contribution in [1.29, 1.82) is 0 Å². The Hall–Kier alpha value is -1.39. The van der Waals surface area contributed by atoms with Gasteiger partial charge in [0.15, 0.2) is 5.72 Å². The number of terminal acetylenes is 1. The summed E-state index contributed by atoms with van der Waals surface area (Å²) < 4.78 is 25.5. The van der Waals surface area contributed by atoms with Crippen molar-refractivity contribution in [3.63, 3.8) is 0 Å². The third kappa shape index (κ3) is 3.33. The number of aliphatic hydroxyl groups excluding tert-OH is 1. The van der Waals surface area contributed by atoms with E-state index in [2.05, 4.69) is 5.92 Å². The summed E-state index contributed by atoms with van der Waals surface area (Å²) in [4.78, 5) is 0.0158. The molecule has 1 atom stereocenters. The molecule has 0 saturated heterocycles. The molecule has 0 unspecified atom stereocenters. The molecule has 0 aromatic heterocycles. The first-order valence-electron chi connectivity index (χ1n) is 5.62. The average Bonchev–Trinajstić information content (AvgIpc) is 2.36. The highest BCUT2D eigenvalue weighted by Gasteiger charge is 2.38. The van der Waals surface area contributed by atoms with Gasteiger partial charge in [0.1, 0.15) is 0 Å². The molecule has 0 aliphatic carbocycles. The highest BCUT2D eigenvalue weighted by Crippen LogP contribution is 2.22. The maximum Gasteiger partial charge on any atom is 0.246 e. The second-order valence-corrected chi connectivity index (χ2v) is 6.27. The third-order valence-corrected chi connectivity index (χ3v) is 4.65. The Morgan fingerprint density at radius 3 is 2.32 bits per heavy atom. The minimum atomic E-state index is -3.97. The Morgan fingerprint density at radius 2 is 1.89 bits per heavy atom. The van der Waals surface area contributed by atoms with E-state index in [0.29, 0.717) is 4.31 Å². The quantitative estimate of drug-likeness (QED) is 0.602. The molecule has 0 heterocycles. The maximum atomic E-state index is 12.4. The van der Waals surface area contributed by atoms with E-state index in [9.17, 15) is 13.5 Å². The van der Waals surface area contributed by atoms with E-state index in [1.165, 1.54) is 19.1 Å². The Balaban J connectivity index is 3.29. The predicted molar refractivity (Wildman–Crippen MR) is 71.6 cm³/mol. The van der Waals surface area contributed by atoms with Gasteiger partial charge in [0.2, 0.25) is 10.0 Å². The third-order valence-electron chi connectivity index (χ3n) is 2.68. The van der Waals surface area contributed by atoms with Gasteiger partial charge in [0.05, 0.1) is 18.0 Å². The van der Waals surface area contributed by atoms with Crippen LogP contribution in [0, 0.1) is 19.3 Å². The largest absolute Gasteiger partial charge is 0.392 e. The van der Waals surface area contributed by atoms with Crippen molar-refractivity contribution in [2.75, 3.05) is 13.2 Å². The summed E-state index contributed by atoms with van der Waals surface area (Å²) in [7, 11) is -3.97. The molecular weight excluding hydrogens is 266 g/mol. The number of aliphatic hydroxyl groups is 2. The van der Waals surface area contributed by atoms with Gasteiger partial charge in [-0.15, -0.1) is 6.42 Å². The molecule has 1 aromatic rings. The van der Waals surface area contributed by atoms with Gasteiger partial charge in [-0.05, 0) is 26.0 Å². The molecule has 19 heavy (non-hydrogen) atoms.